The van der Waals surface area contributed by atoms with Gasteiger partial charge in [-0.3, -0.25) is 0 Å². The number of aryl methyl sites for hydroxylation is 1. The summed E-state index contributed by atoms with van der Waals surface area (Å²) >= 11 is 0. The van der Waals surface area contributed by atoms with E-state index in [4.69, 9.17) is 0 Å². The molecule has 1 aromatic heterocycles. The van der Waals surface area contributed by atoms with E-state index in [2.05, 4.69) is 28.4 Å². The number of thiophene rings is 1. The Morgan fingerprint density at radius 3 is 3.00 bits per heavy atom. The molecule has 0 aliphatic carbocycles. The highest BCUT2D eigenvalue weighted by atomic mass is 32.2. The minimum absolute atomic E-state index is 0.413. The predicted octanol–water partition coefficient (Wildman–Crippen LogP) is 2.79. The van der Waals surface area contributed by atoms with Gasteiger partial charge in [0.15, 0.2) is 0 Å². The van der Waals surface area contributed by atoms with Gasteiger partial charge >= 0.3 is 0 Å². The lowest BCUT2D eigenvalue weighted by molar-refractivity contribution is 0.413. The molecule has 0 aromatic carbocycles. The van der Waals surface area contributed by atoms with Crippen molar-refractivity contribution >= 4 is 10.5 Å². The van der Waals surface area contributed by atoms with E-state index in [1.165, 1.54) is 31.4 Å². The van der Waals surface area contributed by atoms with Gasteiger partial charge in [0.05, 0.1) is 0 Å². The molecule has 2 unspecified atom stereocenters. The van der Waals surface area contributed by atoms with Gasteiger partial charge in [0.1, 0.15) is 17.0 Å². The van der Waals surface area contributed by atoms with E-state index >= 15 is 0 Å². The summed E-state index contributed by atoms with van der Waals surface area (Å²) in [6.45, 7) is 1.20. The summed E-state index contributed by atoms with van der Waals surface area (Å²) in [7, 11) is 0.413. The van der Waals surface area contributed by atoms with Crippen LogP contribution in [0, 0.1) is 0 Å². The fourth-order valence-corrected chi connectivity index (χ4v) is 2.94. The molecule has 0 saturated carbocycles. The van der Waals surface area contributed by atoms with Crippen molar-refractivity contribution < 1.29 is 0 Å². The Morgan fingerprint density at radius 1 is 1.50 bits per heavy atom. The Bertz CT molecular complexity index is 248. The third kappa shape index (κ3) is 1.70. The Labute approximate surface area is 76.8 Å². The van der Waals surface area contributed by atoms with Crippen molar-refractivity contribution in [1.82, 2.24) is 5.32 Å². The van der Waals surface area contributed by atoms with Crippen LogP contribution in [0.5, 0.6) is 0 Å². The Morgan fingerprint density at radius 2 is 2.42 bits per heavy atom. The highest BCUT2D eigenvalue weighted by Crippen LogP contribution is 2.27. The van der Waals surface area contributed by atoms with Crippen LogP contribution in [0.25, 0.3) is 0 Å². The van der Waals surface area contributed by atoms with E-state index in [0.29, 0.717) is 16.5 Å². The maximum absolute atomic E-state index is 3.57. The van der Waals surface area contributed by atoms with E-state index < -0.39 is 0 Å². The van der Waals surface area contributed by atoms with Gasteiger partial charge in [0.2, 0.25) is 0 Å². The second kappa shape index (κ2) is 3.58. The molecule has 2 rings (SSSR count). The predicted molar refractivity (Wildman–Crippen MR) is 54.5 cm³/mol. The smallest absolute Gasteiger partial charge is 0.142 e. The summed E-state index contributed by atoms with van der Waals surface area (Å²) in [6.07, 6.45) is 6.34. The van der Waals surface area contributed by atoms with Crippen molar-refractivity contribution in [3.63, 3.8) is 0 Å². The van der Waals surface area contributed by atoms with Crippen molar-refractivity contribution in [2.45, 2.75) is 25.3 Å². The SMILES string of the molecule is C[s+]1ccc(C2CCCCN2)c1. The number of hydrogen-bond donors (Lipinski definition) is 1. The average Bonchev–Trinajstić information content (AvgIpc) is 2.54. The molecule has 0 amide bonds. The molecule has 0 radical (unpaired) electrons. The molecular formula is C10H16NS+. The van der Waals surface area contributed by atoms with Crippen LogP contribution in [0.4, 0.5) is 0 Å². The van der Waals surface area contributed by atoms with Gasteiger partial charge in [0, 0.05) is 11.6 Å². The molecule has 12 heavy (non-hydrogen) atoms. The lowest BCUT2D eigenvalue weighted by atomic mass is 10.0. The second-order valence-corrected chi connectivity index (χ2v) is 5.25. The second-order valence-electron chi connectivity index (χ2n) is 3.53. The molecule has 1 aromatic rings. The summed E-state index contributed by atoms with van der Waals surface area (Å²) in [5.74, 6) is 0. The van der Waals surface area contributed by atoms with Crippen LogP contribution < -0.4 is 5.32 Å². The topological polar surface area (TPSA) is 12.0 Å². The zero-order valence-electron chi connectivity index (χ0n) is 7.55. The van der Waals surface area contributed by atoms with E-state index in [-0.39, 0.29) is 0 Å². The molecule has 0 bridgehead atoms. The number of piperidine rings is 1. The Hall–Kier alpha value is -0.340. The summed E-state index contributed by atoms with van der Waals surface area (Å²) in [6, 6.07) is 2.96. The van der Waals surface area contributed by atoms with Gasteiger partial charge in [-0.05, 0) is 35.9 Å². The van der Waals surface area contributed by atoms with Gasteiger partial charge in [-0.1, -0.05) is 6.42 Å². The first-order valence-corrected chi connectivity index (χ1v) is 6.39. The average molecular weight is 182 g/mol. The van der Waals surface area contributed by atoms with E-state index in [1.54, 1.807) is 0 Å². The van der Waals surface area contributed by atoms with Crippen molar-refractivity contribution in [2.75, 3.05) is 6.54 Å². The lowest BCUT2D eigenvalue weighted by Gasteiger charge is -2.21. The minimum atomic E-state index is 0.413. The van der Waals surface area contributed by atoms with Crippen LogP contribution in [0.2, 0.25) is 0 Å². The van der Waals surface area contributed by atoms with Crippen LogP contribution in [-0.4, -0.2) is 6.54 Å². The van der Waals surface area contributed by atoms with Gasteiger partial charge < -0.3 is 5.32 Å². The van der Waals surface area contributed by atoms with Gasteiger partial charge in [-0.25, -0.2) is 0 Å². The normalized spacial score (nSPS) is 25.8. The molecule has 1 aliphatic rings. The number of hydrogen-bond acceptors (Lipinski definition) is 1. The molecule has 1 aliphatic heterocycles. The monoisotopic (exact) mass is 182 g/mol. The summed E-state index contributed by atoms with van der Waals surface area (Å²) in [5, 5.41) is 8.28. The third-order valence-electron chi connectivity index (χ3n) is 2.51. The first kappa shape index (κ1) is 8.27. The lowest BCUT2D eigenvalue weighted by Crippen LogP contribution is -2.26. The molecule has 1 N–H and O–H groups in total. The molecule has 66 valence electrons. The fraction of sp³-hybridized carbons (Fsp3) is 0.600. The van der Waals surface area contributed by atoms with Crippen LogP contribution in [0.15, 0.2) is 16.8 Å². The molecule has 1 fully saturated rings. The number of rotatable bonds is 1. The molecule has 1 saturated heterocycles. The van der Waals surface area contributed by atoms with Crippen molar-refractivity contribution in [1.29, 1.82) is 0 Å². The summed E-state index contributed by atoms with van der Waals surface area (Å²) < 4.78 is 0. The molecule has 1 nitrogen and oxygen atoms in total. The molecule has 2 atom stereocenters. The Balaban J connectivity index is 2.08. The standard InChI is InChI=1S/C10H16NS/c1-12-7-5-9(8-12)10-4-2-3-6-11-10/h5,7-8,10-11H,2-4,6H2,1H3/q+1. The third-order valence-corrected chi connectivity index (χ3v) is 3.72. The fourth-order valence-electron chi connectivity index (χ4n) is 1.81. The van der Waals surface area contributed by atoms with Crippen molar-refractivity contribution in [3.8, 4) is 0 Å². The van der Waals surface area contributed by atoms with Gasteiger partial charge in [-0.15, -0.1) is 0 Å². The summed E-state index contributed by atoms with van der Waals surface area (Å²) in [4.78, 5) is 0. The highest BCUT2D eigenvalue weighted by Gasteiger charge is 2.17. The molecule has 2 heterocycles. The van der Waals surface area contributed by atoms with E-state index in [9.17, 15) is 0 Å². The maximum Gasteiger partial charge on any atom is 0.142 e. The minimum Gasteiger partial charge on any atom is -0.310 e. The van der Waals surface area contributed by atoms with Gasteiger partial charge in [-0.2, -0.15) is 0 Å². The number of nitrogens with one attached hydrogen (secondary N) is 1. The highest BCUT2D eigenvalue weighted by molar-refractivity contribution is 7.26. The van der Waals surface area contributed by atoms with Crippen LogP contribution in [-0.2, 0) is 6.26 Å². The quantitative estimate of drug-likeness (QED) is 0.659. The zero-order valence-corrected chi connectivity index (χ0v) is 8.36. The summed E-state index contributed by atoms with van der Waals surface area (Å²) in [5.41, 5.74) is 1.53. The largest absolute Gasteiger partial charge is 0.310 e. The van der Waals surface area contributed by atoms with Crippen LogP contribution in [0.3, 0.4) is 0 Å². The molecule has 2 heteroatoms. The molecular weight excluding hydrogens is 166 g/mol. The Kier molecular flexibility index (Phi) is 2.47. The van der Waals surface area contributed by atoms with E-state index in [1.807, 2.05) is 0 Å². The van der Waals surface area contributed by atoms with Crippen LogP contribution in [0.1, 0.15) is 30.9 Å². The van der Waals surface area contributed by atoms with E-state index in [0.717, 1.165) is 0 Å². The van der Waals surface area contributed by atoms with Crippen molar-refractivity contribution in [2.24, 2.45) is 6.26 Å². The van der Waals surface area contributed by atoms with Gasteiger partial charge in [0.25, 0.3) is 0 Å². The van der Waals surface area contributed by atoms with Crippen LogP contribution >= 0.6 is 10.5 Å². The van der Waals surface area contributed by atoms with Crippen molar-refractivity contribution in [3.05, 3.63) is 22.4 Å². The first-order chi connectivity index (χ1) is 5.86. The zero-order chi connectivity index (χ0) is 8.39. The first-order valence-electron chi connectivity index (χ1n) is 4.63. The maximum atomic E-state index is 3.57. The molecule has 0 spiro atoms.